The van der Waals surface area contributed by atoms with Crippen molar-refractivity contribution in [2.75, 3.05) is 18.6 Å². The molecule has 1 aromatic heterocycles. The van der Waals surface area contributed by atoms with Crippen LogP contribution < -0.4 is 4.90 Å². The molecule has 0 spiro atoms. The number of H-pyrrole nitrogens is 1. The topological polar surface area (TPSA) is 102 Å². The summed E-state index contributed by atoms with van der Waals surface area (Å²) in [5, 5.41) is 19.0. The average molecular weight is 362 g/mol. The number of esters is 1. The summed E-state index contributed by atoms with van der Waals surface area (Å²) in [5.41, 5.74) is 4.08. The zero-order chi connectivity index (χ0) is 19.1. The highest BCUT2D eigenvalue weighted by atomic mass is 16.5. The summed E-state index contributed by atoms with van der Waals surface area (Å²) < 4.78 is 4.75. The lowest BCUT2D eigenvalue weighted by Crippen LogP contribution is -2.26. The summed E-state index contributed by atoms with van der Waals surface area (Å²) in [7, 11) is 1.32. The maximum absolute atomic E-state index is 11.8. The molecule has 1 aliphatic heterocycles. The third-order valence-electron chi connectivity index (χ3n) is 4.56. The summed E-state index contributed by atoms with van der Waals surface area (Å²) in [6, 6.07) is 12.6. The Morgan fingerprint density at radius 3 is 2.89 bits per heavy atom. The molecule has 7 nitrogen and oxygen atoms in total. The molecule has 0 radical (unpaired) electrons. The predicted molar refractivity (Wildman–Crippen MR) is 103 cm³/mol. The molecule has 2 aromatic carbocycles. The Labute approximate surface area is 155 Å². The van der Waals surface area contributed by atoms with Crippen molar-refractivity contribution in [3.63, 3.8) is 0 Å². The van der Waals surface area contributed by atoms with Crippen molar-refractivity contribution in [1.29, 1.82) is 5.41 Å². The molecule has 0 aliphatic carbocycles. The maximum atomic E-state index is 11.8. The molecule has 3 aromatic rings. The first kappa shape index (κ1) is 16.8. The van der Waals surface area contributed by atoms with Crippen molar-refractivity contribution in [3.8, 4) is 0 Å². The molecule has 0 saturated carbocycles. The van der Waals surface area contributed by atoms with E-state index in [0.717, 1.165) is 16.6 Å². The first-order chi connectivity index (χ1) is 13.0. The van der Waals surface area contributed by atoms with Gasteiger partial charge in [0.05, 0.1) is 35.8 Å². The number of carbonyl (C=O) groups excluding carboxylic acids is 1. The van der Waals surface area contributed by atoms with E-state index in [-0.39, 0.29) is 18.1 Å². The van der Waals surface area contributed by atoms with E-state index in [1.807, 2.05) is 25.1 Å². The van der Waals surface area contributed by atoms with Gasteiger partial charge in [0.2, 0.25) is 0 Å². The van der Waals surface area contributed by atoms with E-state index in [1.54, 1.807) is 29.2 Å². The second kappa shape index (κ2) is 6.28. The minimum Gasteiger partial charge on any atom is -0.509 e. The summed E-state index contributed by atoms with van der Waals surface area (Å²) in [6.45, 7) is 2.12. The van der Waals surface area contributed by atoms with Gasteiger partial charge in [0.1, 0.15) is 17.4 Å². The number of nitrogens with one attached hydrogen (secondary N) is 2. The summed E-state index contributed by atoms with van der Waals surface area (Å²) in [6.07, 6.45) is 0. The van der Waals surface area contributed by atoms with Gasteiger partial charge in [-0.15, -0.1) is 0 Å². The second-order valence-electron chi connectivity index (χ2n) is 6.40. The molecular weight excluding hydrogens is 344 g/mol. The fourth-order valence-electron chi connectivity index (χ4n) is 3.21. The molecule has 7 heteroatoms. The monoisotopic (exact) mass is 362 g/mol. The van der Waals surface area contributed by atoms with E-state index < -0.39 is 5.97 Å². The number of aromatic amines is 1. The number of fused-ring (bicyclic) bond motifs is 1. The van der Waals surface area contributed by atoms with Crippen molar-refractivity contribution in [1.82, 2.24) is 9.97 Å². The smallest absolute Gasteiger partial charge is 0.337 e. The molecule has 1 aliphatic rings. The zero-order valence-electron chi connectivity index (χ0n) is 14.9. The maximum Gasteiger partial charge on any atom is 0.337 e. The fourth-order valence-corrected chi connectivity index (χ4v) is 3.21. The number of carbonyl (C=O) groups is 1. The molecule has 3 N–H and O–H groups in total. The van der Waals surface area contributed by atoms with Crippen LogP contribution in [0.5, 0.6) is 0 Å². The third-order valence-corrected chi connectivity index (χ3v) is 4.56. The fraction of sp³-hybridized carbons (Fsp3) is 0.150. The molecule has 2 heterocycles. The van der Waals surface area contributed by atoms with Gasteiger partial charge in [-0.2, -0.15) is 0 Å². The van der Waals surface area contributed by atoms with E-state index in [2.05, 4.69) is 9.97 Å². The Morgan fingerprint density at radius 1 is 1.30 bits per heavy atom. The summed E-state index contributed by atoms with van der Waals surface area (Å²) in [5.74, 6) is 0.168. The van der Waals surface area contributed by atoms with Gasteiger partial charge in [0, 0.05) is 5.69 Å². The van der Waals surface area contributed by atoms with Crippen LogP contribution in [0.25, 0.3) is 16.6 Å². The van der Waals surface area contributed by atoms with E-state index in [1.165, 1.54) is 7.11 Å². The zero-order valence-corrected chi connectivity index (χ0v) is 14.9. The Balaban J connectivity index is 1.69. The number of anilines is 1. The molecule has 0 atom stereocenters. The lowest BCUT2D eigenvalue weighted by atomic mass is 10.2. The Morgan fingerprint density at radius 2 is 2.11 bits per heavy atom. The molecule has 0 amide bonds. The number of rotatable bonds is 3. The van der Waals surface area contributed by atoms with Gasteiger partial charge in [-0.1, -0.05) is 12.1 Å². The van der Waals surface area contributed by atoms with Crippen molar-refractivity contribution in [2.45, 2.75) is 6.92 Å². The Hall–Kier alpha value is -3.61. The summed E-state index contributed by atoms with van der Waals surface area (Å²) >= 11 is 0. The Bertz CT molecular complexity index is 1110. The number of imidazole rings is 1. The van der Waals surface area contributed by atoms with E-state index in [0.29, 0.717) is 22.6 Å². The van der Waals surface area contributed by atoms with E-state index >= 15 is 0 Å². The van der Waals surface area contributed by atoms with Crippen LogP contribution in [0.2, 0.25) is 0 Å². The number of benzene rings is 2. The molecule has 0 unspecified atom stereocenters. The SMILES string of the molecule is COC(=O)c1cccc(N2CC(O)=C(c3nc4ccc(C)cc4[nH]3)C2=N)c1. The lowest BCUT2D eigenvalue weighted by Gasteiger charge is -2.19. The predicted octanol–water partition coefficient (Wildman–Crippen LogP) is 3.42. The number of amidine groups is 1. The molecule has 27 heavy (non-hydrogen) atoms. The molecule has 136 valence electrons. The first-order valence-electron chi connectivity index (χ1n) is 8.41. The number of aliphatic hydroxyl groups is 1. The third kappa shape index (κ3) is 2.83. The first-order valence-corrected chi connectivity index (χ1v) is 8.41. The van der Waals surface area contributed by atoms with Gasteiger partial charge in [0.15, 0.2) is 0 Å². The normalized spacial score (nSPS) is 14.3. The average Bonchev–Trinajstić information content (AvgIpc) is 3.20. The van der Waals surface area contributed by atoms with Crippen LogP contribution >= 0.6 is 0 Å². The number of nitrogens with zero attached hydrogens (tertiary/aromatic N) is 2. The van der Waals surface area contributed by atoms with Gasteiger partial charge < -0.3 is 19.7 Å². The van der Waals surface area contributed by atoms with Gasteiger partial charge in [-0.3, -0.25) is 5.41 Å². The van der Waals surface area contributed by atoms with Crippen LogP contribution in [0.4, 0.5) is 5.69 Å². The minimum atomic E-state index is -0.451. The molecule has 0 bridgehead atoms. The second-order valence-corrected chi connectivity index (χ2v) is 6.40. The van der Waals surface area contributed by atoms with Gasteiger partial charge in [-0.05, 0) is 42.8 Å². The Kier molecular flexibility index (Phi) is 3.92. The minimum absolute atomic E-state index is 0.0549. The van der Waals surface area contributed by atoms with Crippen LogP contribution in [-0.4, -0.2) is 40.5 Å². The van der Waals surface area contributed by atoms with E-state index in [4.69, 9.17) is 10.1 Å². The highest BCUT2D eigenvalue weighted by Gasteiger charge is 2.31. The van der Waals surface area contributed by atoms with Gasteiger partial charge >= 0.3 is 5.97 Å². The van der Waals surface area contributed by atoms with Crippen molar-refractivity contribution in [3.05, 3.63) is 65.2 Å². The molecular formula is C20H18N4O3. The highest BCUT2D eigenvalue weighted by molar-refractivity contribution is 6.30. The quantitative estimate of drug-likeness (QED) is 0.620. The van der Waals surface area contributed by atoms with Crippen LogP contribution in [0.3, 0.4) is 0 Å². The van der Waals surface area contributed by atoms with E-state index in [9.17, 15) is 9.90 Å². The van der Waals surface area contributed by atoms with Crippen molar-refractivity contribution >= 4 is 34.1 Å². The van der Waals surface area contributed by atoms with Crippen LogP contribution in [0, 0.1) is 12.3 Å². The number of methoxy groups -OCH3 is 1. The van der Waals surface area contributed by atoms with Crippen molar-refractivity contribution < 1.29 is 14.6 Å². The molecule has 4 rings (SSSR count). The summed E-state index contributed by atoms with van der Waals surface area (Å²) in [4.78, 5) is 21.1. The number of aromatic nitrogens is 2. The largest absolute Gasteiger partial charge is 0.509 e. The van der Waals surface area contributed by atoms with Gasteiger partial charge in [-0.25, -0.2) is 9.78 Å². The van der Waals surface area contributed by atoms with Crippen LogP contribution in [0.1, 0.15) is 21.7 Å². The number of hydrogen-bond donors (Lipinski definition) is 3. The molecule has 0 fully saturated rings. The number of hydrogen-bond acceptors (Lipinski definition) is 5. The van der Waals surface area contributed by atoms with Gasteiger partial charge in [0.25, 0.3) is 0 Å². The lowest BCUT2D eigenvalue weighted by molar-refractivity contribution is 0.0601. The number of aliphatic hydroxyl groups excluding tert-OH is 1. The van der Waals surface area contributed by atoms with Crippen LogP contribution in [-0.2, 0) is 4.74 Å². The standard InChI is InChI=1S/C20H18N4O3/c1-11-6-7-14-15(8-11)23-19(22-14)17-16(25)10-24(18(17)21)13-5-3-4-12(9-13)20(26)27-2/h3-9,21,25H,10H2,1-2H3,(H,22,23). The highest BCUT2D eigenvalue weighted by Crippen LogP contribution is 2.31. The van der Waals surface area contributed by atoms with Crippen LogP contribution in [0.15, 0.2) is 48.2 Å². The van der Waals surface area contributed by atoms with Crippen molar-refractivity contribution in [2.24, 2.45) is 0 Å². The molecule has 0 saturated heterocycles. The number of ether oxygens (including phenoxy) is 1. The number of aryl methyl sites for hydroxylation is 1.